The highest BCUT2D eigenvalue weighted by Gasteiger charge is 2.13. The molecule has 1 aromatic heterocycles. The molecular weight excluding hydrogens is 348 g/mol. The summed E-state index contributed by atoms with van der Waals surface area (Å²) in [7, 11) is 0. The van der Waals surface area contributed by atoms with Crippen LogP contribution in [-0.4, -0.2) is 10.5 Å². The average Bonchev–Trinajstić information content (AvgIpc) is 2.71. The van der Waals surface area contributed by atoms with E-state index in [9.17, 15) is 9.59 Å². The molecule has 0 saturated heterocycles. The van der Waals surface area contributed by atoms with Crippen LogP contribution in [0.4, 0.5) is 5.69 Å². The van der Waals surface area contributed by atoms with E-state index in [0.29, 0.717) is 12.2 Å². The van der Waals surface area contributed by atoms with Crippen molar-refractivity contribution in [3.05, 3.63) is 112 Å². The van der Waals surface area contributed by atoms with Gasteiger partial charge in [0.05, 0.1) is 6.54 Å². The SMILES string of the molecule is Cc1ccc(Cn2cccc(C(=O)Nc3cccc4ccccc34)c2=O)cc1. The van der Waals surface area contributed by atoms with Gasteiger partial charge in [-0.05, 0) is 36.1 Å². The fourth-order valence-electron chi connectivity index (χ4n) is 3.25. The number of aromatic nitrogens is 1. The minimum Gasteiger partial charge on any atom is -0.321 e. The van der Waals surface area contributed by atoms with E-state index in [4.69, 9.17) is 0 Å². The number of anilines is 1. The number of rotatable bonds is 4. The highest BCUT2D eigenvalue weighted by atomic mass is 16.2. The zero-order valence-electron chi connectivity index (χ0n) is 15.6. The molecule has 0 spiro atoms. The second-order valence-corrected chi connectivity index (χ2v) is 6.82. The summed E-state index contributed by atoms with van der Waals surface area (Å²) in [6.07, 6.45) is 1.71. The van der Waals surface area contributed by atoms with E-state index in [1.807, 2.05) is 73.7 Å². The van der Waals surface area contributed by atoms with Gasteiger partial charge in [-0.1, -0.05) is 66.2 Å². The average molecular weight is 368 g/mol. The first-order valence-electron chi connectivity index (χ1n) is 9.16. The summed E-state index contributed by atoms with van der Waals surface area (Å²) in [5, 5.41) is 4.86. The Morgan fingerprint density at radius 1 is 0.893 bits per heavy atom. The number of aryl methyl sites for hydroxylation is 1. The molecule has 3 aromatic carbocycles. The minimum atomic E-state index is -0.403. The molecule has 4 aromatic rings. The molecule has 0 aliphatic rings. The molecular formula is C24H20N2O2. The molecule has 0 aliphatic carbocycles. The van der Waals surface area contributed by atoms with Crippen LogP contribution in [0.1, 0.15) is 21.5 Å². The Balaban J connectivity index is 1.63. The second-order valence-electron chi connectivity index (χ2n) is 6.82. The number of hydrogen-bond donors (Lipinski definition) is 1. The first-order chi connectivity index (χ1) is 13.6. The maximum Gasteiger partial charge on any atom is 0.263 e. The second kappa shape index (κ2) is 7.53. The van der Waals surface area contributed by atoms with Crippen LogP contribution >= 0.6 is 0 Å². The number of pyridine rings is 1. The van der Waals surface area contributed by atoms with Crippen molar-refractivity contribution in [1.82, 2.24) is 4.57 Å². The van der Waals surface area contributed by atoms with Crippen molar-refractivity contribution in [2.45, 2.75) is 13.5 Å². The lowest BCUT2D eigenvalue weighted by molar-refractivity contribution is 0.102. The predicted octanol–water partition coefficient (Wildman–Crippen LogP) is 4.61. The molecule has 0 radical (unpaired) electrons. The maximum atomic E-state index is 12.8. The number of nitrogens with one attached hydrogen (secondary N) is 1. The number of amides is 1. The van der Waals surface area contributed by atoms with Crippen molar-refractivity contribution in [3.8, 4) is 0 Å². The van der Waals surface area contributed by atoms with E-state index in [1.165, 1.54) is 5.56 Å². The number of nitrogens with zero attached hydrogens (tertiary/aromatic N) is 1. The van der Waals surface area contributed by atoms with Gasteiger partial charge in [0.2, 0.25) is 0 Å². The van der Waals surface area contributed by atoms with Crippen LogP contribution in [0, 0.1) is 6.92 Å². The molecule has 1 amide bonds. The van der Waals surface area contributed by atoms with Gasteiger partial charge in [0.25, 0.3) is 11.5 Å². The lowest BCUT2D eigenvalue weighted by Crippen LogP contribution is -2.29. The third-order valence-corrected chi connectivity index (χ3v) is 4.78. The summed E-state index contributed by atoms with van der Waals surface area (Å²) >= 11 is 0. The highest BCUT2D eigenvalue weighted by molar-refractivity contribution is 6.08. The molecule has 0 atom stereocenters. The normalized spacial score (nSPS) is 10.8. The zero-order chi connectivity index (χ0) is 19.5. The molecule has 28 heavy (non-hydrogen) atoms. The van der Waals surface area contributed by atoms with E-state index in [2.05, 4.69) is 5.32 Å². The van der Waals surface area contributed by atoms with Crippen molar-refractivity contribution in [3.63, 3.8) is 0 Å². The molecule has 4 heteroatoms. The number of carbonyl (C=O) groups excluding carboxylic acids is 1. The number of benzene rings is 3. The molecule has 1 N–H and O–H groups in total. The third-order valence-electron chi connectivity index (χ3n) is 4.78. The van der Waals surface area contributed by atoms with E-state index < -0.39 is 5.91 Å². The fourth-order valence-corrected chi connectivity index (χ4v) is 3.25. The molecule has 0 saturated carbocycles. The topological polar surface area (TPSA) is 51.1 Å². The Hall–Kier alpha value is -3.66. The zero-order valence-corrected chi connectivity index (χ0v) is 15.6. The van der Waals surface area contributed by atoms with Crippen molar-refractivity contribution < 1.29 is 4.79 Å². The maximum absolute atomic E-state index is 12.8. The van der Waals surface area contributed by atoms with Gasteiger partial charge in [-0.25, -0.2) is 0 Å². The van der Waals surface area contributed by atoms with Crippen LogP contribution in [0.15, 0.2) is 89.9 Å². The van der Waals surface area contributed by atoms with Gasteiger partial charge < -0.3 is 9.88 Å². The summed E-state index contributed by atoms with van der Waals surface area (Å²) < 4.78 is 1.56. The summed E-state index contributed by atoms with van der Waals surface area (Å²) in [4.78, 5) is 25.6. The van der Waals surface area contributed by atoms with Gasteiger partial charge in [0.15, 0.2) is 0 Å². The largest absolute Gasteiger partial charge is 0.321 e. The molecule has 1 heterocycles. The molecule has 138 valence electrons. The lowest BCUT2D eigenvalue weighted by Gasteiger charge is -2.11. The first-order valence-corrected chi connectivity index (χ1v) is 9.16. The quantitative estimate of drug-likeness (QED) is 0.572. The highest BCUT2D eigenvalue weighted by Crippen LogP contribution is 2.23. The van der Waals surface area contributed by atoms with E-state index in [1.54, 1.807) is 22.9 Å². The Morgan fingerprint density at radius 3 is 2.46 bits per heavy atom. The lowest BCUT2D eigenvalue weighted by atomic mass is 10.1. The number of fused-ring (bicyclic) bond motifs is 1. The van der Waals surface area contributed by atoms with Crippen molar-refractivity contribution >= 4 is 22.4 Å². The Kier molecular flexibility index (Phi) is 4.77. The van der Waals surface area contributed by atoms with Crippen molar-refractivity contribution in [1.29, 1.82) is 0 Å². The minimum absolute atomic E-state index is 0.127. The predicted molar refractivity (Wildman–Crippen MR) is 113 cm³/mol. The van der Waals surface area contributed by atoms with Gasteiger partial charge in [-0.15, -0.1) is 0 Å². The van der Waals surface area contributed by atoms with Gasteiger partial charge >= 0.3 is 0 Å². The monoisotopic (exact) mass is 368 g/mol. The molecule has 0 fully saturated rings. The third kappa shape index (κ3) is 3.58. The van der Waals surface area contributed by atoms with Crippen LogP contribution in [0.5, 0.6) is 0 Å². The Labute approximate surface area is 163 Å². The fraction of sp³-hybridized carbons (Fsp3) is 0.0833. The van der Waals surface area contributed by atoms with Crippen LogP contribution in [0.25, 0.3) is 10.8 Å². The molecule has 4 nitrogen and oxygen atoms in total. The smallest absolute Gasteiger partial charge is 0.263 e. The van der Waals surface area contributed by atoms with Gasteiger partial charge in [-0.3, -0.25) is 9.59 Å². The first kappa shape index (κ1) is 17.7. The van der Waals surface area contributed by atoms with E-state index in [0.717, 1.165) is 16.3 Å². The summed E-state index contributed by atoms with van der Waals surface area (Å²) in [6.45, 7) is 2.45. The Morgan fingerprint density at radius 2 is 1.64 bits per heavy atom. The molecule has 0 bridgehead atoms. The number of hydrogen-bond acceptors (Lipinski definition) is 2. The van der Waals surface area contributed by atoms with Crippen LogP contribution < -0.4 is 10.9 Å². The Bertz CT molecular complexity index is 1200. The van der Waals surface area contributed by atoms with Gasteiger partial charge in [0, 0.05) is 17.3 Å². The van der Waals surface area contributed by atoms with Crippen LogP contribution in [-0.2, 0) is 6.54 Å². The van der Waals surface area contributed by atoms with E-state index >= 15 is 0 Å². The van der Waals surface area contributed by atoms with E-state index in [-0.39, 0.29) is 11.1 Å². The molecule has 4 rings (SSSR count). The van der Waals surface area contributed by atoms with Crippen molar-refractivity contribution in [2.24, 2.45) is 0 Å². The molecule has 0 aliphatic heterocycles. The van der Waals surface area contributed by atoms with Gasteiger partial charge in [-0.2, -0.15) is 0 Å². The summed E-state index contributed by atoms with van der Waals surface area (Å²) in [6, 6.07) is 24.8. The van der Waals surface area contributed by atoms with Gasteiger partial charge in [0.1, 0.15) is 5.56 Å². The number of carbonyl (C=O) groups is 1. The van der Waals surface area contributed by atoms with Crippen LogP contribution in [0.3, 0.4) is 0 Å². The van der Waals surface area contributed by atoms with Crippen molar-refractivity contribution in [2.75, 3.05) is 5.32 Å². The standard InChI is InChI=1S/C24H20N2O2/c1-17-11-13-18(14-12-17)16-26-15-5-9-21(24(26)28)23(27)25-22-10-4-7-19-6-2-3-8-20(19)22/h2-15H,16H2,1H3,(H,25,27). The summed E-state index contributed by atoms with van der Waals surface area (Å²) in [5.41, 5.74) is 2.69. The van der Waals surface area contributed by atoms with Crippen LogP contribution in [0.2, 0.25) is 0 Å². The molecule has 0 unspecified atom stereocenters. The summed E-state index contributed by atoms with van der Waals surface area (Å²) in [5.74, 6) is -0.403.